The first kappa shape index (κ1) is 12.6. The second-order valence-electron chi connectivity index (χ2n) is 5.27. The van der Waals surface area contributed by atoms with Crippen molar-refractivity contribution in [3.63, 3.8) is 0 Å². The van der Waals surface area contributed by atoms with Crippen molar-refractivity contribution in [2.24, 2.45) is 11.8 Å². The molecule has 1 saturated carbocycles. The third-order valence-corrected chi connectivity index (χ3v) is 3.78. The maximum absolute atomic E-state index is 4.45. The molecule has 2 unspecified atom stereocenters. The topological polar surface area (TPSA) is 29.9 Å². The molecule has 0 bridgehead atoms. The van der Waals surface area contributed by atoms with Gasteiger partial charge in [0.2, 0.25) is 0 Å². The molecule has 1 aromatic rings. The second kappa shape index (κ2) is 5.67. The second-order valence-corrected chi connectivity index (χ2v) is 5.27. The van der Waals surface area contributed by atoms with Crippen molar-refractivity contribution in [3.8, 4) is 0 Å². The Morgan fingerprint density at radius 3 is 2.82 bits per heavy atom. The van der Waals surface area contributed by atoms with E-state index in [0.29, 0.717) is 6.04 Å². The summed E-state index contributed by atoms with van der Waals surface area (Å²) >= 11 is 0. The molecule has 1 aliphatic rings. The largest absolute Gasteiger partial charge is 0.310 e. The Morgan fingerprint density at radius 2 is 2.24 bits per heavy atom. The molecule has 2 rings (SSSR count). The first-order valence-corrected chi connectivity index (χ1v) is 7.02. The molecular formula is C14H25N3. The van der Waals surface area contributed by atoms with Crippen LogP contribution < -0.4 is 5.32 Å². The van der Waals surface area contributed by atoms with Gasteiger partial charge in [-0.1, -0.05) is 20.8 Å². The molecule has 0 radical (unpaired) electrons. The highest BCUT2D eigenvalue weighted by atomic mass is 15.3. The minimum atomic E-state index is 0.484. The molecule has 3 nitrogen and oxygen atoms in total. The summed E-state index contributed by atoms with van der Waals surface area (Å²) in [5.41, 5.74) is 1.36. The lowest BCUT2D eigenvalue weighted by molar-refractivity contribution is 0.355. The van der Waals surface area contributed by atoms with E-state index < -0.39 is 0 Å². The lowest BCUT2D eigenvalue weighted by Crippen LogP contribution is -2.27. The average molecular weight is 235 g/mol. The van der Waals surface area contributed by atoms with Crippen molar-refractivity contribution in [3.05, 3.63) is 18.0 Å². The highest BCUT2D eigenvalue weighted by Gasteiger charge is 2.34. The van der Waals surface area contributed by atoms with Gasteiger partial charge < -0.3 is 5.32 Å². The molecule has 1 aliphatic carbocycles. The fourth-order valence-corrected chi connectivity index (χ4v) is 2.61. The van der Waals surface area contributed by atoms with Crippen molar-refractivity contribution in [1.82, 2.24) is 15.1 Å². The molecule has 96 valence electrons. The van der Waals surface area contributed by atoms with Gasteiger partial charge in [-0.15, -0.1) is 0 Å². The van der Waals surface area contributed by atoms with Crippen molar-refractivity contribution in [1.29, 1.82) is 0 Å². The summed E-state index contributed by atoms with van der Waals surface area (Å²) < 4.78 is 2.07. The van der Waals surface area contributed by atoms with E-state index in [1.54, 1.807) is 0 Å². The van der Waals surface area contributed by atoms with Gasteiger partial charge in [0.25, 0.3) is 0 Å². The molecule has 0 amide bonds. The van der Waals surface area contributed by atoms with E-state index in [-0.39, 0.29) is 0 Å². The summed E-state index contributed by atoms with van der Waals surface area (Å²) in [4.78, 5) is 0. The van der Waals surface area contributed by atoms with E-state index >= 15 is 0 Å². The monoisotopic (exact) mass is 235 g/mol. The van der Waals surface area contributed by atoms with Crippen LogP contribution in [0.25, 0.3) is 0 Å². The summed E-state index contributed by atoms with van der Waals surface area (Å²) in [5, 5.41) is 8.07. The Kier molecular flexibility index (Phi) is 4.21. The van der Waals surface area contributed by atoms with Crippen molar-refractivity contribution < 1.29 is 0 Å². The van der Waals surface area contributed by atoms with E-state index in [0.717, 1.165) is 31.3 Å². The third-order valence-electron chi connectivity index (χ3n) is 3.78. The van der Waals surface area contributed by atoms with Crippen molar-refractivity contribution in [2.75, 3.05) is 6.54 Å². The Hall–Kier alpha value is -0.830. The van der Waals surface area contributed by atoms with Crippen LogP contribution in [-0.4, -0.2) is 16.3 Å². The number of hydrogen-bond acceptors (Lipinski definition) is 2. The molecular weight excluding hydrogens is 210 g/mol. The van der Waals surface area contributed by atoms with Crippen LogP contribution in [0.2, 0.25) is 0 Å². The summed E-state index contributed by atoms with van der Waals surface area (Å²) in [7, 11) is 0. The molecule has 2 atom stereocenters. The minimum Gasteiger partial charge on any atom is -0.310 e. The van der Waals surface area contributed by atoms with Crippen LogP contribution in [0.4, 0.5) is 0 Å². The zero-order valence-corrected chi connectivity index (χ0v) is 11.3. The molecule has 1 fully saturated rings. The smallest absolute Gasteiger partial charge is 0.0537 e. The molecule has 0 saturated heterocycles. The van der Waals surface area contributed by atoms with Crippen LogP contribution in [0.5, 0.6) is 0 Å². The van der Waals surface area contributed by atoms with E-state index in [2.05, 4.69) is 42.1 Å². The van der Waals surface area contributed by atoms with E-state index in [1.807, 2.05) is 6.20 Å². The van der Waals surface area contributed by atoms with Crippen LogP contribution in [0, 0.1) is 11.8 Å². The number of rotatable bonds is 7. The van der Waals surface area contributed by atoms with Gasteiger partial charge in [-0.25, -0.2) is 0 Å². The number of aromatic nitrogens is 2. The lowest BCUT2D eigenvalue weighted by atomic mass is 9.92. The van der Waals surface area contributed by atoms with Gasteiger partial charge in [0, 0.05) is 24.3 Å². The Labute approximate surface area is 105 Å². The fourth-order valence-electron chi connectivity index (χ4n) is 2.61. The molecule has 0 aromatic carbocycles. The summed E-state index contributed by atoms with van der Waals surface area (Å²) in [6.45, 7) is 8.80. The van der Waals surface area contributed by atoms with Crippen LogP contribution >= 0.6 is 0 Å². The molecule has 17 heavy (non-hydrogen) atoms. The van der Waals surface area contributed by atoms with Gasteiger partial charge >= 0.3 is 0 Å². The first-order valence-electron chi connectivity index (χ1n) is 7.02. The maximum Gasteiger partial charge on any atom is 0.0537 e. The Balaban J connectivity index is 2.07. The number of aryl methyl sites for hydroxylation is 1. The van der Waals surface area contributed by atoms with Gasteiger partial charge in [0.15, 0.2) is 0 Å². The van der Waals surface area contributed by atoms with Crippen LogP contribution in [0.15, 0.2) is 12.4 Å². The summed E-state index contributed by atoms with van der Waals surface area (Å²) in [6, 6.07) is 0.484. The van der Waals surface area contributed by atoms with Crippen LogP contribution in [0.1, 0.15) is 51.6 Å². The molecule has 1 N–H and O–H groups in total. The van der Waals surface area contributed by atoms with E-state index in [9.17, 15) is 0 Å². The quantitative estimate of drug-likeness (QED) is 0.787. The molecule has 0 aliphatic heterocycles. The van der Waals surface area contributed by atoms with Crippen LogP contribution in [0.3, 0.4) is 0 Å². The van der Waals surface area contributed by atoms with E-state index in [4.69, 9.17) is 0 Å². The Morgan fingerprint density at radius 1 is 1.47 bits per heavy atom. The summed E-state index contributed by atoms with van der Waals surface area (Å²) in [6.07, 6.45) is 8.22. The van der Waals surface area contributed by atoms with Crippen LogP contribution in [-0.2, 0) is 6.54 Å². The van der Waals surface area contributed by atoms with Gasteiger partial charge in [-0.3, -0.25) is 4.68 Å². The number of nitrogens with one attached hydrogen (secondary N) is 1. The predicted molar refractivity (Wildman–Crippen MR) is 70.8 cm³/mol. The maximum atomic E-state index is 4.45. The predicted octanol–water partition coefficient (Wildman–Crippen LogP) is 2.99. The highest BCUT2D eigenvalue weighted by Crippen LogP contribution is 2.42. The average Bonchev–Trinajstić information content (AvgIpc) is 3.07. The number of nitrogens with zero attached hydrogens (tertiary/aromatic N) is 2. The third kappa shape index (κ3) is 3.09. The summed E-state index contributed by atoms with van der Waals surface area (Å²) in [5.74, 6) is 1.66. The lowest BCUT2D eigenvalue weighted by Gasteiger charge is -2.23. The van der Waals surface area contributed by atoms with Gasteiger partial charge in [-0.05, 0) is 37.6 Å². The van der Waals surface area contributed by atoms with E-state index in [1.165, 1.54) is 18.4 Å². The Bertz CT molecular complexity index is 341. The van der Waals surface area contributed by atoms with Gasteiger partial charge in [0.1, 0.15) is 0 Å². The number of hydrogen-bond donors (Lipinski definition) is 1. The van der Waals surface area contributed by atoms with Gasteiger partial charge in [-0.2, -0.15) is 5.10 Å². The molecule has 0 spiro atoms. The normalized spacial score (nSPS) is 19.2. The fraction of sp³-hybridized carbons (Fsp3) is 0.786. The van der Waals surface area contributed by atoms with Crippen molar-refractivity contribution >= 4 is 0 Å². The van der Waals surface area contributed by atoms with Gasteiger partial charge in [0.05, 0.1) is 6.20 Å². The molecule has 1 aromatic heterocycles. The molecule has 3 heteroatoms. The zero-order chi connectivity index (χ0) is 12.3. The standard InChI is InChI=1S/C14H25N3/c1-4-8-17-10-13(9-16-17)14(15-5-2)11(3)12-6-7-12/h9-12,14-15H,4-8H2,1-3H3. The minimum absolute atomic E-state index is 0.484. The zero-order valence-electron chi connectivity index (χ0n) is 11.3. The highest BCUT2D eigenvalue weighted by molar-refractivity contribution is 5.13. The first-order chi connectivity index (χ1) is 8.26. The van der Waals surface area contributed by atoms with Crippen molar-refractivity contribution in [2.45, 2.75) is 52.6 Å². The molecule has 1 heterocycles. The SMILES string of the molecule is CCCn1cc(C(NCC)C(C)C2CC2)cn1.